The summed E-state index contributed by atoms with van der Waals surface area (Å²) in [5, 5.41) is 19.4. The second-order valence-electron chi connectivity index (χ2n) is 4.19. The topological polar surface area (TPSA) is 72.2 Å². The van der Waals surface area contributed by atoms with Crippen LogP contribution in [0.4, 0.5) is 11.4 Å². The first-order chi connectivity index (χ1) is 9.15. The number of rotatable bonds is 3. The number of nitro groups is 1. The van der Waals surface area contributed by atoms with Crippen molar-refractivity contribution < 1.29 is 4.92 Å². The fraction of sp³-hybridized carbons (Fsp3) is 0.273. The lowest BCUT2D eigenvalue weighted by Gasteiger charge is -2.33. The van der Waals surface area contributed by atoms with Gasteiger partial charge < -0.3 is 4.90 Å². The third-order valence-corrected chi connectivity index (χ3v) is 4.17. The van der Waals surface area contributed by atoms with E-state index in [4.69, 9.17) is 0 Å². The normalized spacial score (nSPS) is 14.3. The molecule has 0 unspecified atom stereocenters. The highest BCUT2D eigenvalue weighted by molar-refractivity contribution is 7.82. The van der Waals surface area contributed by atoms with E-state index in [1.807, 2.05) is 6.07 Å². The van der Waals surface area contributed by atoms with E-state index in [2.05, 4.69) is 27.7 Å². The fourth-order valence-corrected chi connectivity index (χ4v) is 2.86. The van der Waals surface area contributed by atoms with Gasteiger partial charge in [0.2, 0.25) is 0 Å². The van der Waals surface area contributed by atoms with Gasteiger partial charge >= 0.3 is 0 Å². The van der Waals surface area contributed by atoms with Crippen LogP contribution in [0.1, 0.15) is 6.42 Å². The molecule has 1 saturated heterocycles. The Bertz CT molecular complexity index is 639. The van der Waals surface area contributed by atoms with E-state index in [-0.39, 0.29) is 5.69 Å². The van der Waals surface area contributed by atoms with Crippen LogP contribution in [0.15, 0.2) is 22.5 Å². The maximum absolute atomic E-state index is 11.1. The van der Waals surface area contributed by atoms with Crippen molar-refractivity contribution in [2.75, 3.05) is 18.0 Å². The molecule has 2 heterocycles. The summed E-state index contributed by atoms with van der Waals surface area (Å²) in [6.45, 7) is 1.98. The maximum Gasteiger partial charge on any atom is 0.279 e. The van der Waals surface area contributed by atoms with Crippen LogP contribution < -0.4 is 4.90 Å². The average Bonchev–Trinajstić information content (AvgIpc) is 2.73. The molecule has 98 valence electrons. The minimum atomic E-state index is -0.394. The van der Waals surface area contributed by atoms with Gasteiger partial charge in [-0.2, -0.15) is 0 Å². The summed E-state index contributed by atoms with van der Waals surface area (Å²) >= 11 is 5.34. The summed E-state index contributed by atoms with van der Waals surface area (Å²) in [6, 6.07) is 5.12. The van der Waals surface area contributed by atoms with E-state index in [0.29, 0.717) is 14.9 Å². The van der Waals surface area contributed by atoms with Gasteiger partial charge in [-0.3, -0.25) is 10.1 Å². The zero-order valence-electron chi connectivity index (χ0n) is 9.81. The second kappa shape index (κ2) is 4.78. The molecular formula is C11H10N4O2S2. The van der Waals surface area contributed by atoms with Gasteiger partial charge in [0.15, 0.2) is 9.35 Å². The third kappa shape index (κ3) is 2.28. The van der Waals surface area contributed by atoms with Crippen LogP contribution >= 0.6 is 24.0 Å². The molecule has 1 aromatic heterocycles. The molecule has 1 aliphatic rings. The van der Waals surface area contributed by atoms with E-state index < -0.39 is 4.92 Å². The first-order valence-electron chi connectivity index (χ1n) is 5.71. The Morgan fingerprint density at radius 3 is 2.68 bits per heavy atom. The summed E-state index contributed by atoms with van der Waals surface area (Å²) in [4.78, 5) is 12.9. The number of nitro benzene ring substituents is 1. The minimum absolute atomic E-state index is 0.0498. The largest absolute Gasteiger partial charge is 0.371 e. The zero-order chi connectivity index (χ0) is 13.4. The Hall–Kier alpha value is -1.67. The SMILES string of the molecule is O=[N+]([O-])c1ccc(N2CCC2)cc1-c1nnc(S)s1. The molecule has 8 heteroatoms. The monoisotopic (exact) mass is 294 g/mol. The molecule has 0 aliphatic carbocycles. The lowest BCUT2D eigenvalue weighted by atomic mass is 10.1. The predicted molar refractivity (Wildman–Crippen MR) is 76.1 cm³/mol. The molecule has 0 saturated carbocycles. The number of hydrogen-bond donors (Lipinski definition) is 1. The molecule has 1 aromatic carbocycles. The lowest BCUT2D eigenvalue weighted by Crippen LogP contribution is -2.36. The summed E-state index contributed by atoms with van der Waals surface area (Å²) in [5.74, 6) is 0. The average molecular weight is 294 g/mol. The Morgan fingerprint density at radius 1 is 1.37 bits per heavy atom. The summed E-state index contributed by atoms with van der Waals surface area (Å²) in [6.07, 6.45) is 1.16. The first-order valence-corrected chi connectivity index (χ1v) is 6.98. The van der Waals surface area contributed by atoms with Gasteiger partial charge in [-0.1, -0.05) is 11.3 Å². The molecule has 1 aliphatic heterocycles. The van der Waals surface area contributed by atoms with Crippen LogP contribution in [0.3, 0.4) is 0 Å². The van der Waals surface area contributed by atoms with Crippen molar-refractivity contribution in [3.63, 3.8) is 0 Å². The van der Waals surface area contributed by atoms with E-state index in [9.17, 15) is 10.1 Å². The van der Waals surface area contributed by atoms with Crippen LogP contribution in [0.5, 0.6) is 0 Å². The number of aromatic nitrogens is 2. The van der Waals surface area contributed by atoms with Gasteiger partial charge in [0.25, 0.3) is 5.69 Å². The molecule has 3 rings (SSSR count). The van der Waals surface area contributed by atoms with Crippen molar-refractivity contribution in [1.82, 2.24) is 10.2 Å². The lowest BCUT2D eigenvalue weighted by molar-refractivity contribution is -0.384. The molecule has 0 radical (unpaired) electrons. The second-order valence-corrected chi connectivity index (χ2v) is 5.89. The van der Waals surface area contributed by atoms with E-state index in [1.165, 1.54) is 17.4 Å². The molecule has 2 aromatic rings. The van der Waals surface area contributed by atoms with Crippen LogP contribution in [0, 0.1) is 10.1 Å². The molecule has 0 amide bonds. The quantitative estimate of drug-likeness (QED) is 0.535. The Kier molecular flexibility index (Phi) is 3.11. The van der Waals surface area contributed by atoms with Crippen molar-refractivity contribution in [2.45, 2.75) is 10.8 Å². The van der Waals surface area contributed by atoms with Crippen LogP contribution in [-0.4, -0.2) is 28.2 Å². The summed E-state index contributed by atoms with van der Waals surface area (Å²) in [5.41, 5.74) is 1.55. The number of thiol groups is 1. The van der Waals surface area contributed by atoms with Gasteiger partial charge in [-0.15, -0.1) is 22.8 Å². The first kappa shape index (κ1) is 12.4. The van der Waals surface area contributed by atoms with Crippen LogP contribution in [-0.2, 0) is 0 Å². The Balaban J connectivity index is 2.09. The highest BCUT2D eigenvalue weighted by Gasteiger charge is 2.22. The molecule has 0 bridgehead atoms. The van der Waals surface area contributed by atoms with Crippen molar-refractivity contribution >= 4 is 35.3 Å². The highest BCUT2D eigenvalue weighted by atomic mass is 32.2. The van der Waals surface area contributed by atoms with Crippen molar-refractivity contribution in [1.29, 1.82) is 0 Å². The summed E-state index contributed by atoms with van der Waals surface area (Å²) < 4.78 is 0.499. The van der Waals surface area contributed by atoms with Crippen molar-refractivity contribution in [3.8, 4) is 10.6 Å². The van der Waals surface area contributed by atoms with Crippen molar-refractivity contribution in [3.05, 3.63) is 28.3 Å². The van der Waals surface area contributed by atoms with Gasteiger partial charge in [0, 0.05) is 24.8 Å². The molecular weight excluding hydrogens is 284 g/mol. The van der Waals surface area contributed by atoms with Crippen molar-refractivity contribution in [2.24, 2.45) is 0 Å². The third-order valence-electron chi connectivity index (χ3n) is 3.04. The number of nitrogens with zero attached hydrogens (tertiary/aromatic N) is 4. The molecule has 6 nitrogen and oxygen atoms in total. The standard InChI is InChI=1S/C11H10N4O2S2/c16-15(17)9-3-2-7(14-4-1-5-14)6-8(9)10-12-13-11(18)19-10/h2-3,6H,1,4-5H2,(H,13,18). The minimum Gasteiger partial charge on any atom is -0.371 e. The Labute approximate surface area is 118 Å². The fourth-order valence-electron chi connectivity index (χ4n) is 1.95. The van der Waals surface area contributed by atoms with E-state index in [0.717, 1.165) is 25.2 Å². The smallest absolute Gasteiger partial charge is 0.279 e. The maximum atomic E-state index is 11.1. The Morgan fingerprint density at radius 2 is 2.16 bits per heavy atom. The zero-order valence-corrected chi connectivity index (χ0v) is 11.5. The molecule has 19 heavy (non-hydrogen) atoms. The van der Waals surface area contributed by atoms with Gasteiger partial charge in [0.05, 0.1) is 10.5 Å². The van der Waals surface area contributed by atoms with E-state index in [1.54, 1.807) is 6.07 Å². The highest BCUT2D eigenvalue weighted by Crippen LogP contribution is 2.36. The van der Waals surface area contributed by atoms with E-state index >= 15 is 0 Å². The van der Waals surface area contributed by atoms with Crippen LogP contribution in [0.25, 0.3) is 10.6 Å². The van der Waals surface area contributed by atoms with Gasteiger partial charge in [-0.25, -0.2) is 0 Å². The number of benzene rings is 1. The number of hydrogen-bond acceptors (Lipinski definition) is 7. The molecule has 1 fully saturated rings. The predicted octanol–water partition coefficient (Wildman–Crippen LogP) is 2.61. The summed E-state index contributed by atoms with van der Waals surface area (Å²) in [7, 11) is 0. The molecule has 0 N–H and O–H groups in total. The van der Waals surface area contributed by atoms with Gasteiger partial charge in [-0.05, 0) is 18.6 Å². The molecule has 0 atom stereocenters. The van der Waals surface area contributed by atoms with Crippen LogP contribution in [0.2, 0.25) is 0 Å². The van der Waals surface area contributed by atoms with Gasteiger partial charge in [0.1, 0.15) is 0 Å². The number of anilines is 1. The molecule has 0 spiro atoms.